The first-order chi connectivity index (χ1) is 6.85. The number of anilines is 1. The number of hydrogen-bond acceptors (Lipinski definition) is 6. The van der Waals surface area contributed by atoms with E-state index in [0.717, 1.165) is 22.7 Å². The maximum Gasteiger partial charge on any atom is 0.275 e. The summed E-state index contributed by atoms with van der Waals surface area (Å²) in [6.45, 7) is 2.82. The van der Waals surface area contributed by atoms with Crippen LogP contribution in [0.5, 0.6) is 5.19 Å². The minimum Gasteiger partial charge on any atom is -0.473 e. The van der Waals surface area contributed by atoms with Crippen LogP contribution in [-0.4, -0.2) is 28.6 Å². The second kappa shape index (κ2) is 3.75. The van der Waals surface area contributed by atoms with Gasteiger partial charge in [-0.25, -0.2) is 9.97 Å². The van der Waals surface area contributed by atoms with Crippen LogP contribution in [0.3, 0.4) is 0 Å². The van der Waals surface area contributed by atoms with Crippen LogP contribution in [0.25, 0.3) is 10.3 Å². The fourth-order valence-electron chi connectivity index (χ4n) is 1.12. The molecule has 0 bridgehead atoms. The lowest BCUT2D eigenvalue weighted by molar-refractivity contribution is 0.413. The van der Waals surface area contributed by atoms with Crippen molar-refractivity contribution >= 4 is 27.5 Å². The highest BCUT2D eigenvalue weighted by molar-refractivity contribution is 7.19. The van der Waals surface area contributed by atoms with Gasteiger partial charge in [0, 0.05) is 6.54 Å². The normalized spacial score (nSPS) is 10.4. The van der Waals surface area contributed by atoms with Gasteiger partial charge < -0.3 is 10.1 Å². The Hall–Kier alpha value is -1.43. The molecule has 0 aliphatic heterocycles. The van der Waals surface area contributed by atoms with Crippen molar-refractivity contribution in [3.05, 3.63) is 6.33 Å². The molecule has 74 valence electrons. The molecule has 0 spiro atoms. The van der Waals surface area contributed by atoms with E-state index in [0.29, 0.717) is 5.19 Å². The molecule has 6 heteroatoms. The van der Waals surface area contributed by atoms with Crippen LogP contribution in [0.2, 0.25) is 0 Å². The van der Waals surface area contributed by atoms with E-state index >= 15 is 0 Å². The molecule has 2 aromatic rings. The third-order valence-electron chi connectivity index (χ3n) is 1.69. The first kappa shape index (κ1) is 9.14. The Balaban J connectivity index is 2.55. The number of aromatic nitrogens is 3. The molecular formula is C8H10N4OS. The molecule has 0 aliphatic rings. The Morgan fingerprint density at radius 3 is 3.07 bits per heavy atom. The van der Waals surface area contributed by atoms with Gasteiger partial charge in [0.1, 0.15) is 11.8 Å². The molecule has 0 saturated heterocycles. The maximum absolute atomic E-state index is 5.04. The molecule has 2 rings (SSSR count). The van der Waals surface area contributed by atoms with Gasteiger partial charge >= 0.3 is 0 Å². The second-order valence-corrected chi connectivity index (χ2v) is 3.53. The largest absolute Gasteiger partial charge is 0.473 e. The molecule has 0 fully saturated rings. The summed E-state index contributed by atoms with van der Waals surface area (Å²) in [7, 11) is 1.60. The zero-order valence-corrected chi connectivity index (χ0v) is 8.76. The number of fused-ring (bicyclic) bond motifs is 1. The third-order valence-corrected chi connectivity index (χ3v) is 2.62. The highest BCUT2D eigenvalue weighted by atomic mass is 32.1. The first-order valence-corrected chi connectivity index (χ1v) is 5.06. The lowest BCUT2D eigenvalue weighted by atomic mass is 10.5. The molecule has 5 nitrogen and oxygen atoms in total. The smallest absolute Gasteiger partial charge is 0.275 e. The summed E-state index contributed by atoms with van der Waals surface area (Å²) in [4.78, 5) is 13.3. The van der Waals surface area contributed by atoms with Gasteiger partial charge in [0.15, 0.2) is 10.6 Å². The lowest BCUT2D eigenvalue weighted by Crippen LogP contribution is -2.00. The van der Waals surface area contributed by atoms with E-state index < -0.39 is 0 Å². The zero-order valence-electron chi connectivity index (χ0n) is 7.94. The fraction of sp³-hybridized carbons (Fsp3) is 0.375. The van der Waals surface area contributed by atoms with Crippen molar-refractivity contribution in [2.45, 2.75) is 6.92 Å². The van der Waals surface area contributed by atoms with Crippen LogP contribution in [0.4, 0.5) is 5.82 Å². The highest BCUT2D eigenvalue weighted by Crippen LogP contribution is 2.28. The maximum atomic E-state index is 5.04. The van der Waals surface area contributed by atoms with Gasteiger partial charge in [-0.05, 0) is 6.92 Å². The summed E-state index contributed by atoms with van der Waals surface area (Å²) >= 11 is 1.41. The lowest BCUT2D eigenvalue weighted by Gasteiger charge is -2.00. The van der Waals surface area contributed by atoms with Crippen molar-refractivity contribution in [1.82, 2.24) is 15.0 Å². The summed E-state index contributed by atoms with van der Waals surface area (Å²) in [5, 5.41) is 3.74. The van der Waals surface area contributed by atoms with E-state index in [1.165, 1.54) is 17.7 Å². The molecule has 0 aliphatic carbocycles. The van der Waals surface area contributed by atoms with Gasteiger partial charge in [-0.3, -0.25) is 0 Å². The van der Waals surface area contributed by atoms with Gasteiger partial charge in [-0.2, -0.15) is 4.98 Å². The number of thiazole rings is 1. The van der Waals surface area contributed by atoms with Crippen LogP contribution < -0.4 is 10.1 Å². The number of methoxy groups -OCH3 is 1. The van der Waals surface area contributed by atoms with Crippen LogP contribution in [0, 0.1) is 0 Å². The molecule has 0 atom stereocenters. The molecule has 1 N–H and O–H groups in total. The van der Waals surface area contributed by atoms with Crippen molar-refractivity contribution < 1.29 is 4.74 Å². The second-order valence-electron chi connectivity index (χ2n) is 2.59. The van der Waals surface area contributed by atoms with Crippen molar-refractivity contribution in [2.75, 3.05) is 19.0 Å². The van der Waals surface area contributed by atoms with Crippen LogP contribution in [0.1, 0.15) is 6.92 Å². The zero-order chi connectivity index (χ0) is 9.97. The van der Waals surface area contributed by atoms with Crippen LogP contribution >= 0.6 is 11.3 Å². The van der Waals surface area contributed by atoms with Gasteiger partial charge in [0.25, 0.3) is 5.19 Å². The fourth-order valence-corrected chi connectivity index (χ4v) is 1.84. The summed E-state index contributed by atoms with van der Waals surface area (Å²) in [6, 6.07) is 0. The van der Waals surface area contributed by atoms with E-state index in [2.05, 4.69) is 20.3 Å². The summed E-state index contributed by atoms with van der Waals surface area (Å²) in [5.41, 5.74) is 0.774. The van der Waals surface area contributed by atoms with Crippen LogP contribution in [-0.2, 0) is 0 Å². The van der Waals surface area contributed by atoms with Gasteiger partial charge in [-0.15, -0.1) is 0 Å². The Kier molecular flexibility index (Phi) is 2.45. The van der Waals surface area contributed by atoms with E-state index in [9.17, 15) is 0 Å². The Labute approximate surface area is 85.2 Å². The van der Waals surface area contributed by atoms with Crippen molar-refractivity contribution in [3.8, 4) is 5.19 Å². The van der Waals surface area contributed by atoms with E-state index in [1.54, 1.807) is 7.11 Å². The molecule has 2 heterocycles. The quantitative estimate of drug-likeness (QED) is 0.832. The van der Waals surface area contributed by atoms with E-state index in [1.807, 2.05) is 6.92 Å². The monoisotopic (exact) mass is 210 g/mol. The predicted octanol–water partition coefficient (Wildman–Crippen LogP) is 1.53. The Morgan fingerprint density at radius 2 is 2.36 bits per heavy atom. The Morgan fingerprint density at radius 1 is 1.50 bits per heavy atom. The third kappa shape index (κ3) is 1.48. The summed E-state index contributed by atoms with van der Waals surface area (Å²) < 4.78 is 5.04. The average molecular weight is 210 g/mol. The molecular weight excluding hydrogens is 200 g/mol. The minimum atomic E-state index is 0.611. The average Bonchev–Trinajstić information content (AvgIpc) is 2.62. The number of rotatable bonds is 3. The first-order valence-electron chi connectivity index (χ1n) is 4.24. The summed E-state index contributed by atoms with van der Waals surface area (Å²) in [5.74, 6) is 0.761. The van der Waals surface area contributed by atoms with Gasteiger partial charge in [-0.1, -0.05) is 11.3 Å². The van der Waals surface area contributed by atoms with Gasteiger partial charge in [0.2, 0.25) is 0 Å². The number of nitrogens with one attached hydrogen (secondary N) is 1. The SMILES string of the molecule is CCNc1ncnc2sc(OC)nc12. The van der Waals surface area contributed by atoms with Crippen LogP contribution in [0.15, 0.2) is 6.33 Å². The molecule has 0 amide bonds. The molecule has 2 aromatic heterocycles. The van der Waals surface area contributed by atoms with E-state index in [4.69, 9.17) is 4.74 Å². The number of nitrogens with zero attached hydrogens (tertiary/aromatic N) is 3. The molecule has 0 unspecified atom stereocenters. The summed E-state index contributed by atoms with van der Waals surface area (Å²) in [6.07, 6.45) is 1.53. The number of ether oxygens (including phenoxy) is 1. The topological polar surface area (TPSA) is 59.9 Å². The van der Waals surface area contributed by atoms with Gasteiger partial charge in [0.05, 0.1) is 7.11 Å². The highest BCUT2D eigenvalue weighted by Gasteiger charge is 2.09. The van der Waals surface area contributed by atoms with Crippen molar-refractivity contribution in [3.63, 3.8) is 0 Å². The number of hydrogen-bond donors (Lipinski definition) is 1. The molecule has 0 radical (unpaired) electrons. The van der Waals surface area contributed by atoms with Crippen molar-refractivity contribution in [2.24, 2.45) is 0 Å². The van der Waals surface area contributed by atoms with Crippen molar-refractivity contribution in [1.29, 1.82) is 0 Å². The van der Waals surface area contributed by atoms with E-state index in [-0.39, 0.29) is 0 Å². The molecule has 14 heavy (non-hydrogen) atoms. The molecule has 0 saturated carbocycles. The Bertz CT molecular complexity index is 442. The predicted molar refractivity (Wildman–Crippen MR) is 55.9 cm³/mol. The standard InChI is InChI=1S/C8H10N4OS/c1-3-9-6-5-7(11-4-10-6)14-8(12-5)13-2/h4H,3H2,1-2H3,(H,9,10,11). The minimum absolute atomic E-state index is 0.611. The molecule has 0 aromatic carbocycles.